The van der Waals surface area contributed by atoms with Crippen LogP contribution in [0.5, 0.6) is 0 Å². The number of ether oxygens (including phenoxy) is 4. The molecule has 0 aromatic carbocycles. The number of hydrogen-bond donors (Lipinski definition) is 12. The Morgan fingerprint density at radius 1 is 0.895 bits per heavy atom. The molecule has 2 heterocycles. The van der Waals surface area contributed by atoms with Crippen LogP contribution in [0.15, 0.2) is 0 Å². The van der Waals surface area contributed by atoms with Gasteiger partial charge in [-0.1, -0.05) is 0 Å². The quantitative estimate of drug-likeness (QED) is 0.119. The Hall–Kier alpha value is -1.13. The molecule has 1 amide bonds. The summed E-state index contributed by atoms with van der Waals surface area (Å²) in [6.45, 7) is -0.764. The molecule has 2 saturated heterocycles. The fourth-order valence-electron chi connectivity index (χ4n) is 4.84. The fraction of sp³-hybridized carbons (Fsp3) is 0.952. The van der Waals surface area contributed by atoms with Crippen LogP contribution in [0, 0.1) is 0 Å². The van der Waals surface area contributed by atoms with Gasteiger partial charge in [0.2, 0.25) is 5.91 Å². The van der Waals surface area contributed by atoms with E-state index in [4.69, 9.17) is 41.9 Å². The summed E-state index contributed by atoms with van der Waals surface area (Å²) in [5.74, 6) is -0.807. The maximum Gasteiger partial charge on any atom is 0.249 e. The number of nitrogens with one attached hydrogen (secondary N) is 1. The van der Waals surface area contributed by atoms with E-state index < -0.39 is 104 Å². The van der Waals surface area contributed by atoms with Crippen molar-refractivity contribution >= 4 is 5.91 Å². The van der Waals surface area contributed by atoms with E-state index in [-0.39, 0.29) is 25.9 Å². The van der Waals surface area contributed by atoms with Crippen molar-refractivity contribution in [3.63, 3.8) is 0 Å². The monoisotopic (exact) mass is 555 g/mol. The Kier molecular flexibility index (Phi) is 11.1. The molecule has 0 radical (unpaired) electrons. The average molecular weight is 556 g/mol. The maximum absolute atomic E-state index is 12.4. The molecule has 222 valence electrons. The minimum Gasteiger partial charge on any atom is -0.394 e. The summed E-state index contributed by atoms with van der Waals surface area (Å²) in [6, 6.07) is -3.29. The third kappa shape index (κ3) is 6.60. The molecule has 3 aliphatic rings. The smallest absolute Gasteiger partial charge is 0.249 e. The lowest BCUT2D eigenvalue weighted by Crippen LogP contribution is -2.69. The Morgan fingerprint density at radius 3 is 2.08 bits per heavy atom. The zero-order chi connectivity index (χ0) is 28.3. The number of hydrogen-bond acceptors (Lipinski definition) is 16. The molecule has 17 heteroatoms. The first-order valence-corrected chi connectivity index (χ1v) is 12.5. The van der Waals surface area contributed by atoms with E-state index in [9.17, 15) is 40.5 Å². The summed E-state index contributed by atoms with van der Waals surface area (Å²) >= 11 is 0. The van der Waals surface area contributed by atoms with Gasteiger partial charge in [0.15, 0.2) is 12.6 Å². The Bertz CT molecular complexity index is 770. The molecular formula is C21H41N5O12. The Morgan fingerprint density at radius 2 is 1.50 bits per heavy atom. The average Bonchev–Trinajstić information content (AvgIpc) is 3.16. The van der Waals surface area contributed by atoms with Gasteiger partial charge in [0.25, 0.3) is 0 Å². The van der Waals surface area contributed by atoms with Gasteiger partial charge in [0, 0.05) is 12.6 Å². The standard InChI is InChI=1S/C21H41N5O12/c22-2-1-8(28)19(34)26-7-3-6(24)17(37-20-11(25)15(32)13(30)9(4-23)35-20)18(12(7)29)38-21-16(33)14(31)10(5-27)36-21/h6-18,20-21,27-33H,1-5,22-25H2,(H,26,34)/t6-,7+,8?,9+,10+,11+,12-,13+,14-,15+,16+,17+,18+,20+,21?/m0/s1. The van der Waals surface area contributed by atoms with Gasteiger partial charge < -0.3 is 82.9 Å². The van der Waals surface area contributed by atoms with E-state index in [1.54, 1.807) is 0 Å². The largest absolute Gasteiger partial charge is 0.394 e. The molecule has 38 heavy (non-hydrogen) atoms. The number of aliphatic hydroxyl groups excluding tert-OH is 7. The van der Waals surface area contributed by atoms with Gasteiger partial charge in [-0.25, -0.2) is 0 Å². The summed E-state index contributed by atoms with van der Waals surface area (Å²) < 4.78 is 22.7. The highest BCUT2D eigenvalue weighted by Crippen LogP contribution is 2.32. The number of nitrogens with two attached hydrogens (primary N) is 4. The zero-order valence-electron chi connectivity index (χ0n) is 20.7. The molecule has 3 fully saturated rings. The first-order chi connectivity index (χ1) is 17.9. The van der Waals surface area contributed by atoms with Crippen molar-refractivity contribution in [2.45, 2.75) is 105 Å². The summed E-state index contributed by atoms with van der Waals surface area (Å²) in [6.07, 6.45) is -16.9. The lowest BCUT2D eigenvalue weighted by Gasteiger charge is -2.48. The van der Waals surface area contributed by atoms with Crippen LogP contribution < -0.4 is 28.3 Å². The summed E-state index contributed by atoms with van der Waals surface area (Å²) in [7, 11) is 0. The molecule has 16 N–H and O–H groups in total. The number of rotatable bonds is 10. The maximum atomic E-state index is 12.4. The molecule has 1 aliphatic carbocycles. The van der Waals surface area contributed by atoms with Crippen LogP contribution in [0.25, 0.3) is 0 Å². The third-order valence-corrected chi connectivity index (χ3v) is 7.15. The van der Waals surface area contributed by atoms with Crippen molar-refractivity contribution in [1.82, 2.24) is 5.32 Å². The molecule has 0 spiro atoms. The van der Waals surface area contributed by atoms with Crippen molar-refractivity contribution in [2.24, 2.45) is 22.9 Å². The second-order valence-corrected chi connectivity index (χ2v) is 9.84. The van der Waals surface area contributed by atoms with Crippen molar-refractivity contribution in [3.05, 3.63) is 0 Å². The highest BCUT2D eigenvalue weighted by atomic mass is 16.7. The van der Waals surface area contributed by atoms with E-state index in [0.717, 1.165) is 0 Å². The van der Waals surface area contributed by atoms with E-state index in [0.29, 0.717) is 0 Å². The van der Waals surface area contributed by atoms with Crippen LogP contribution in [0.4, 0.5) is 0 Å². The van der Waals surface area contributed by atoms with Crippen LogP contribution >= 0.6 is 0 Å². The second-order valence-electron chi connectivity index (χ2n) is 9.84. The van der Waals surface area contributed by atoms with E-state index in [2.05, 4.69) is 5.32 Å². The summed E-state index contributed by atoms with van der Waals surface area (Å²) in [5.41, 5.74) is 23.3. The number of carbonyl (C=O) groups excluding carboxylic acids is 1. The number of amides is 1. The molecule has 15 atom stereocenters. The summed E-state index contributed by atoms with van der Waals surface area (Å²) in [5, 5.41) is 74.0. The molecule has 0 aromatic rings. The fourth-order valence-corrected chi connectivity index (χ4v) is 4.84. The molecule has 2 unspecified atom stereocenters. The van der Waals surface area contributed by atoms with Crippen molar-refractivity contribution in [3.8, 4) is 0 Å². The van der Waals surface area contributed by atoms with E-state index in [1.165, 1.54) is 0 Å². The zero-order valence-corrected chi connectivity index (χ0v) is 20.7. The highest BCUT2D eigenvalue weighted by molar-refractivity contribution is 5.80. The van der Waals surface area contributed by atoms with Crippen LogP contribution in [0.2, 0.25) is 0 Å². The van der Waals surface area contributed by atoms with Crippen LogP contribution in [-0.4, -0.2) is 153 Å². The van der Waals surface area contributed by atoms with Crippen molar-refractivity contribution in [2.75, 3.05) is 19.7 Å². The first kappa shape index (κ1) is 31.4. The predicted molar refractivity (Wildman–Crippen MR) is 125 cm³/mol. The summed E-state index contributed by atoms with van der Waals surface area (Å²) in [4.78, 5) is 12.4. The molecule has 3 rings (SSSR count). The molecular weight excluding hydrogens is 514 g/mol. The van der Waals surface area contributed by atoms with Crippen LogP contribution in [0.1, 0.15) is 12.8 Å². The third-order valence-electron chi connectivity index (χ3n) is 7.15. The highest BCUT2D eigenvalue weighted by Gasteiger charge is 2.53. The van der Waals surface area contributed by atoms with Gasteiger partial charge in [-0.3, -0.25) is 4.79 Å². The van der Waals surface area contributed by atoms with Gasteiger partial charge in [0.05, 0.1) is 18.7 Å². The second kappa shape index (κ2) is 13.5. The van der Waals surface area contributed by atoms with Gasteiger partial charge in [0.1, 0.15) is 61.0 Å². The van der Waals surface area contributed by atoms with Crippen LogP contribution in [0.3, 0.4) is 0 Å². The molecule has 2 aliphatic heterocycles. The lowest BCUT2D eigenvalue weighted by molar-refractivity contribution is -0.307. The lowest BCUT2D eigenvalue weighted by atomic mass is 9.83. The SMILES string of the molecule is NCCC(O)C(=O)N[C@@H]1C[C@H](N)[C@@H](O[C@H]2O[C@H](CN)[C@@H](O)[C@H](O)[C@H]2N)[C@H](OC2O[C@H](CO)[C@H](O)[C@H]2O)[C@H]1O. The minimum absolute atomic E-state index is 0.0255. The van der Waals surface area contributed by atoms with Gasteiger partial charge >= 0.3 is 0 Å². The van der Waals surface area contributed by atoms with Gasteiger partial charge in [-0.2, -0.15) is 0 Å². The predicted octanol–water partition coefficient (Wildman–Crippen LogP) is -7.79. The Balaban J connectivity index is 1.84. The van der Waals surface area contributed by atoms with Gasteiger partial charge in [-0.15, -0.1) is 0 Å². The van der Waals surface area contributed by atoms with Crippen molar-refractivity contribution in [1.29, 1.82) is 0 Å². The molecule has 0 aromatic heterocycles. The van der Waals surface area contributed by atoms with E-state index in [1.807, 2.05) is 0 Å². The molecule has 17 nitrogen and oxygen atoms in total. The minimum atomic E-state index is -1.62. The number of aliphatic hydroxyl groups is 7. The van der Waals surface area contributed by atoms with Gasteiger partial charge in [-0.05, 0) is 19.4 Å². The molecule has 0 bridgehead atoms. The normalized spacial score (nSPS) is 46.6. The number of carbonyl (C=O) groups is 1. The Labute approximate surface area is 218 Å². The topological polar surface area (TPSA) is 312 Å². The van der Waals surface area contributed by atoms with Crippen molar-refractivity contribution < 1.29 is 59.5 Å². The first-order valence-electron chi connectivity index (χ1n) is 12.5. The van der Waals surface area contributed by atoms with Crippen LogP contribution in [-0.2, 0) is 23.7 Å². The van der Waals surface area contributed by atoms with E-state index >= 15 is 0 Å². The molecule has 1 saturated carbocycles.